The Hall–Kier alpha value is -2.16. The van der Waals surface area contributed by atoms with Crippen molar-refractivity contribution >= 4 is 5.69 Å². The molecule has 1 N–H and O–H groups in total. The number of hydrogen-bond donors (Lipinski definition) is 1. The Morgan fingerprint density at radius 3 is 1.91 bits per heavy atom. The van der Waals surface area contributed by atoms with Gasteiger partial charge in [0.2, 0.25) is 0 Å². The first-order valence-corrected chi connectivity index (χ1v) is 8.03. The predicted molar refractivity (Wildman–Crippen MR) is 91.9 cm³/mol. The molecule has 0 amide bonds. The molecule has 0 fully saturated rings. The van der Waals surface area contributed by atoms with E-state index in [1.54, 1.807) is 0 Å². The van der Waals surface area contributed by atoms with Crippen LogP contribution in [-0.4, -0.2) is 19.8 Å². The zero-order chi connectivity index (χ0) is 15.5. The number of ether oxygens (including phenoxy) is 2. The van der Waals surface area contributed by atoms with Crippen LogP contribution in [0.1, 0.15) is 26.2 Å². The first-order chi connectivity index (χ1) is 10.9. The lowest BCUT2D eigenvalue weighted by Gasteiger charge is -2.08. The fourth-order valence-corrected chi connectivity index (χ4v) is 2.15. The molecule has 0 aliphatic heterocycles. The molecule has 0 saturated heterocycles. The fraction of sp³-hybridized carbons (Fsp3) is 0.368. The molecule has 0 atom stereocenters. The number of para-hydroxylation sites is 1. The Balaban J connectivity index is 1.52. The van der Waals surface area contributed by atoms with E-state index in [0.717, 1.165) is 56.2 Å². The molecule has 0 radical (unpaired) electrons. The van der Waals surface area contributed by atoms with Gasteiger partial charge in [-0.3, -0.25) is 0 Å². The van der Waals surface area contributed by atoms with Crippen molar-refractivity contribution in [1.29, 1.82) is 0 Å². The molecule has 0 bridgehead atoms. The van der Waals surface area contributed by atoms with Crippen molar-refractivity contribution in [2.75, 3.05) is 25.1 Å². The minimum absolute atomic E-state index is 0.756. The zero-order valence-electron chi connectivity index (χ0n) is 13.3. The summed E-state index contributed by atoms with van der Waals surface area (Å²) in [4.78, 5) is 0. The van der Waals surface area contributed by atoms with Crippen molar-refractivity contribution in [3.63, 3.8) is 0 Å². The maximum Gasteiger partial charge on any atom is 0.119 e. The van der Waals surface area contributed by atoms with Crippen LogP contribution in [-0.2, 0) is 0 Å². The highest BCUT2D eigenvalue weighted by atomic mass is 16.5. The monoisotopic (exact) mass is 299 g/mol. The van der Waals surface area contributed by atoms with E-state index in [0.29, 0.717) is 0 Å². The third kappa shape index (κ3) is 6.08. The lowest BCUT2D eigenvalue weighted by molar-refractivity contribution is 0.279. The van der Waals surface area contributed by atoms with E-state index in [1.807, 2.05) is 54.6 Å². The topological polar surface area (TPSA) is 30.5 Å². The van der Waals surface area contributed by atoms with E-state index in [9.17, 15) is 0 Å². The molecule has 22 heavy (non-hydrogen) atoms. The van der Waals surface area contributed by atoms with Gasteiger partial charge in [0.1, 0.15) is 11.5 Å². The third-order valence-electron chi connectivity index (χ3n) is 3.30. The van der Waals surface area contributed by atoms with Crippen molar-refractivity contribution in [3.8, 4) is 11.5 Å². The highest BCUT2D eigenvalue weighted by Gasteiger charge is 1.96. The van der Waals surface area contributed by atoms with E-state index in [-0.39, 0.29) is 0 Å². The summed E-state index contributed by atoms with van der Waals surface area (Å²) < 4.78 is 11.4. The number of benzene rings is 2. The van der Waals surface area contributed by atoms with E-state index < -0.39 is 0 Å². The van der Waals surface area contributed by atoms with Gasteiger partial charge < -0.3 is 14.8 Å². The maximum atomic E-state index is 5.74. The smallest absolute Gasteiger partial charge is 0.119 e. The highest BCUT2D eigenvalue weighted by molar-refractivity contribution is 5.46. The van der Waals surface area contributed by atoms with Crippen molar-refractivity contribution < 1.29 is 9.47 Å². The molecule has 3 heteroatoms. The van der Waals surface area contributed by atoms with Gasteiger partial charge in [0, 0.05) is 12.2 Å². The zero-order valence-corrected chi connectivity index (χ0v) is 13.3. The van der Waals surface area contributed by atoms with E-state index in [1.165, 1.54) is 0 Å². The molecule has 0 spiro atoms. The molecule has 2 rings (SSSR count). The normalized spacial score (nSPS) is 10.2. The van der Waals surface area contributed by atoms with Crippen molar-refractivity contribution in [3.05, 3.63) is 54.6 Å². The van der Waals surface area contributed by atoms with Gasteiger partial charge in [-0.15, -0.1) is 0 Å². The molecule has 0 heterocycles. The summed E-state index contributed by atoms with van der Waals surface area (Å²) in [6.07, 6.45) is 3.22. The Morgan fingerprint density at radius 1 is 0.727 bits per heavy atom. The second-order valence-corrected chi connectivity index (χ2v) is 5.13. The number of unbranched alkanes of at least 4 members (excludes halogenated alkanes) is 2. The van der Waals surface area contributed by atoms with Gasteiger partial charge in [0.05, 0.1) is 13.2 Å². The largest absolute Gasteiger partial charge is 0.494 e. The van der Waals surface area contributed by atoms with Crippen LogP contribution in [0.25, 0.3) is 0 Å². The standard InChI is InChI=1S/C19H25NO2/c1-2-20-17-11-13-19(14-12-17)22-16-8-4-7-15-21-18-9-5-3-6-10-18/h3,5-6,9-14,20H,2,4,7-8,15-16H2,1H3. The summed E-state index contributed by atoms with van der Waals surface area (Å²) in [5, 5.41) is 3.27. The number of rotatable bonds is 10. The molecule has 0 aromatic heterocycles. The molecule has 0 unspecified atom stereocenters. The second kappa shape index (κ2) is 9.72. The molecule has 0 aliphatic rings. The summed E-state index contributed by atoms with van der Waals surface area (Å²) in [5.41, 5.74) is 1.13. The van der Waals surface area contributed by atoms with Gasteiger partial charge in [-0.1, -0.05) is 18.2 Å². The molecular weight excluding hydrogens is 274 g/mol. The van der Waals surface area contributed by atoms with Crippen LogP contribution in [0.15, 0.2) is 54.6 Å². The van der Waals surface area contributed by atoms with Crippen LogP contribution in [0.3, 0.4) is 0 Å². The number of hydrogen-bond acceptors (Lipinski definition) is 3. The quantitative estimate of drug-likeness (QED) is 0.642. The fourth-order valence-electron chi connectivity index (χ4n) is 2.15. The first-order valence-electron chi connectivity index (χ1n) is 8.03. The van der Waals surface area contributed by atoms with Crippen LogP contribution >= 0.6 is 0 Å². The van der Waals surface area contributed by atoms with Crippen molar-refractivity contribution in [2.24, 2.45) is 0 Å². The van der Waals surface area contributed by atoms with Crippen LogP contribution in [0, 0.1) is 0 Å². The van der Waals surface area contributed by atoms with Crippen LogP contribution in [0.5, 0.6) is 11.5 Å². The number of nitrogens with one attached hydrogen (secondary N) is 1. The Kier molecular flexibility index (Phi) is 7.16. The Morgan fingerprint density at radius 2 is 1.32 bits per heavy atom. The summed E-state index contributed by atoms with van der Waals surface area (Å²) >= 11 is 0. The van der Waals surface area contributed by atoms with E-state index in [4.69, 9.17) is 9.47 Å². The Bertz CT molecular complexity index is 511. The molecule has 118 valence electrons. The van der Waals surface area contributed by atoms with Crippen LogP contribution < -0.4 is 14.8 Å². The third-order valence-corrected chi connectivity index (χ3v) is 3.30. The van der Waals surface area contributed by atoms with Crippen LogP contribution in [0.4, 0.5) is 5.69 Å². The minimum Gasteiger partial charge on any atom is -0.494 e. The lowest BCUT2D eigenvalue weighted by atomic mass is 10.2. The summed E-state index contributed by atoms with van der Waals surface area (Å²) in [6, 6.07) is 18.1. The summed E-state index contributed by atoms with van der Waals surface area (Å²) in [5.74, 6) is 1.88. The molecule has 2 aromatic carbocycles. The van der Waals surface area contributed by atoms with Gasteiger partial charge in [0.25, 0.3) is 0 Å². The average molecular weight is 299 g/mol. The minimum atomic E-state index is 0.756. The summed E-state index contributed by atoms with van der Waals surface area (Å²) in [6.45, 7) is 4.55. The number of anilines is 1. The Labute approximate surface area is 133 Å². The summed E-state index contributed by atoms with van der Waals surface area (Å²) in [7, 11) is 0. The lowest BCUT2D eigenvalue weighted by Crippen LogP contribution is -2.01. The molecule has 0 aliphatic carbocycles. The highest BCUT2D eigenvalue weighted by Crippen LogP contribution is 2.16. The molecular formula is C19H25NO2. The van der Waals surface area contributed by atoms with E-state index in [2.05, 4.69) is 12.2 Å². The van der Waals surface area contributed by atoms with Gasteiger partial charge in [-0.05, 0) is 62.6 Å². The SMILES string of the molecule is CCNc1ccc(OCCCCCOc2ccccc2)cc1. The van der Waals surface area contributed by atoms with Crippen molar-refractivity contribution in [1.82, 2.24) is 0 Å². The van der Waals surface area contributed by atoms with Crippen molar-refractivity contribution in [2.45, 2.75) is 26.2 Å². The molecule has 3 nitrogen and oxygen atoms in total. The van der Waals surface area contributed by atoms with E-state index >= 15 is 0 Å². The van der Waals surface area contributed by atoms with Gasteiger partial charge >= 0.3 is 0 Å². The maximum absolute atomic E-state index is 5.74. The predicted octanol–water partition coefficient (Wildman–Crippen LogP) is 4.75. The molecule has 0 saturated carbocycles. The average Bonchev–Trinajstić information content (AvgIpc) is 2.57. The van der Waals surface area contributed by atoms with Gasteiger partial charge in [0.15, 0.2) is 0 Å². The first kappa shape index (κ1) is 16.2. The van der Waals surface area contributed by atoms with Gasteiger partial charge in [-0.25, -0.2) is 0 Å². The van der Waals surface area contributed by atoms with Gasteiger partial charge in [-0.2, -0.15) is 0 Å². The molecule has 2 aromatic rings. The second-order valence-electron chi connectivity index (χ2n) is 5.13. The van der Waals surface area contributed by atoms with Crippen LogP contribution in [0.2, 0.25) is 0 Å².